The number of ether oxygens (including phenoxy) is 2. The zero-order chi connectivity index (χ0) is 19.2. The van der Waals surface area contributed by atoms with Gasteiger partial charge in [-0.1, -0.05) is 47.7 Å². The molecule has 4 rings (SSSR count). The van der Waals surface area contributed by atoms with E-state index in [1.807, 2.05) is 72.8 Å². The van der Waals surface area contributed by atoms with Crippen molar-refractivity contribution in [3.63, 3.8) is 0 Å². The third-order valence-electron chi connectivity index (χ3n) is 3.98. The average molecular weight is 390 g/mol. The van der Waals surface area contributed by atoms with E-state index in [2.05, 4.69) is 10.3 Å². The van der Waals surface area contributed by atoms with Crippen LogP contribution in [0, 0.1) is 0 Å². The van der Waals surface area contributed by atoms with E-state index < -0.39 is 0 Å². The van der Waals surface area contributed by atoms with Crippen molar-refractivity contribution in [1.82, 2.24) is 10.3 Å². The summed E-state index contributed by atoms with van der Waals surface area (Å²) in [6.45, 7) is 0.838. The summed E-state index contributed by atoms with van der Waals surface area (Å²) in [4.78, 5) is 16.8. The van der Waals surface area contributed by atoms with Crippen LogP contribution in [0.25, 0.3) is 10.2 Å². The van der Waals surface area contributed by atoms with Gasteiger partial charge in [-0.15, -0.1) is 0 Å². The Hall–Kier alpha value is -3.38. The number of amides is 1. The Labute approximate surface area is 166 Å². The Morgan fingerprint density at radius 1 is 0.929 bits per heavy atom. The molecule has 6 heteroatoms. The Kier molecular flexibility index (Phi) is 5.49. The molecule has 0 unspecified atom stereocenters. The van der Waals surface area contributed by atoms with Crippen LogP contribution >= 0.6 is 11.3 Å². The van der Waals surface area contributed by atoms with E-state index in [0.29, 0.717) is 23.9 Å². The fourth-order valence-corrected chi connectivity index (χ4v) is 3.50. The van der Waals surface area contributed by atoms with Crippen LogP contribution < -0.4 is 14.8 Å². The quantitative estimate of drug-likeness (QED) is 0.456. The van der Waals surface area contributed by atoms with Crippen LogP contribution in [0.15, 0.2) is 78.9 Å². The molecule has 140 valence electrons. The number of para-hydroxylation sites is 2. The molecule has 0 aliphatic heterocycles. The number of carbonyl (C=O) groups is 1. The molecule has 0 radical (unpaired) electrons. The second-order valence-electron chi connectivity index (χ2n) is 5.99. The maximum atomic E-state index is 12.4. The average Bonchev–Trinajstić information content (AvgIpc) is 3.14. The minimum atomic E-state index is -0.141. The number of nitrogens with one attached hydrogen (secondary N) is 1. The zero-order valence-corrected chi connectivity index (χ0v) is 15.8. The minimum Gasteiger partial charge on any atom is -0.492 e. The highest BCUT2D eigenvalue weighted by atomic mass is 32.1. The van der Waals surface area contributed by atoms with E-state index in [1.165, 1.54) is 11.3 Å². The highest BCUT2D eigenvalue weighted by molar-refractivity contribution is 7.20. The standard InChI is InChI=1S/C22H18N2O3S/c25-21(23-13-14-26-17-7-3-1-4-8-17)16-11-12-19-20(15-16)28-22(24-19)27-18-9-5-2-6-10-18/h1-12,15H,13-14H2,(H,23,25). The molecule has 1 amide bonds. The van der Waals surface area contributed by atoms with Gasteiger partial charge in [0, 0.05) is 5.56 Å². The molecule has 1 N–H and O–H groups in total. The number of aromatic nitrogens is 1. The Bertz CT molecular complexity index is 1070. The summed E-state index contributed by atoms with van der Waals surface area (Å²) < 4.78 is 12.3. The second-order valence-corrected chi connectivity index (χ2v) is 6.99. The first-order valence-corrected chi connectivity index (χ1v) is 9.69. The monoisotopic (exact) mass is 390 g/mol. The van der Waals surface area contributed by atoms with Crippen molar-refractivity contribution in [2.24, 2.45) is 0 Å². The molecular weight excluding hydrogens is 372 g/mol. The van der Waals surface area contributed by atoms with E-state index in [0.717, 1.165) is 21.7 Å². The zero-order valence-electron chi connectivity index (χ0n) is 15.0. The highest BCUT2D eigenvalue weighted by Gasteiger charge is 2.10. The molecule has 3 aromatic carbocycles. The van der Waals surface area contributed by atoms with E-state index >= 15 is 0 Å². The molecule has 0 atom stereocenters. The maximum absolute atomic E-state index is 12.4. The van der Waals surface area contributed by atoms with Gasteiger partial charge < -0.3 is 14.8 Å². The van der Waals surface area contributed by atoms with Crippen LogP contribution in [0.3, 0.4) is 0 Å². The molecule has 28 heavy (non-hydrogen) atoms. The van der Waals surface area contributed by atoms with Crippen LogP contribution in [-0.4, -0.2) is 24.0 Å². The molecule has 0 spiro atoms. The SMILES string of the molecule is O=C(NCCOc1ccccc1)c1ccc2nc(Oc3ccccc3)sc2c1. The van der Waals surface area contributed by atoms with Gasteiger partial charge in [0.05, 0.1) is 16.8 Å². The van der Waals surface area contributed by atoms with Crippen molar-refractivity contribution < 1.29 is 14.3 Å². The van der Waals surface area contributed by atoms with E-state index in [4.69, 9.17) is 9.47 Å². The molecule has 1 aromatic heterocycles. The van der Waals surface area contributed by atoms with Gasteiger partial charge in [-0.05, 0) is 42.5 Å². The first-order chi connectivity index (χ1) is 13.8. The minimum absolute atomic E-state index is 0.141. The van der Waals surface area contributed by atoms with Crippen LogP contribution in [0.5, 0.6) is 16.7 Å². The summed E-state index contributed by atoms with van der Waals surface area (Å²) in [6, 6.07) is 24.5. The van der Waals surface area contributed by atoms with Crippen LogP contribution in [-0.2, 0) is 0 Å². The lowest BCUT2D eigenvalue weighted by molar-refractivity contribution is 0.0947. The van der Waals surface area contributed by atoms with Crippen LogP contribution in [0.2, 0.25) is 0 Å². The molecule has 0 aliphatic rings. The fourth-order valence-electron chi connectivity index (χ4n) is 2.63. The number of nitrogens with zero attached hydrogens (tertiary/aromatic N) is 1. The van der Waals surface area contributed by atoms with E-state index in [1.54, 1.807) is 6.07 Å². The third kappa shape index (κ3) is 4.47. The van der Waals surface area contributed by atoms with Crippen molar-refractivity contribution in [3.8, 4) is 16.7 Å². The molecule has 4 aromatic rings. The molecule has 0 aliphatic carbocycles. The van der Waals surface area contributed by atoms with Gasteiger partial charge in [-0.2, -0.15) is 0 Å². The lowest BCUT2D eigenvalue weighted by Crippen LogP contribution is -2.28. The van der Waals surface area contributed by atoms with Gasteiger partial charge in [-0.3, -0.25) is 4.79 Å². The predicted octanol–water partition coefficient (Wildman–Crippen LogP) is 4.90. The Balaban J connectivity index is 1.36. The molecular formula is C22H18N2O3S. The molecule has 5 nitrogen and oxygen atoms in total. The van der Waals surface area contributed by atoms with Crippen LogP contribution in [0.1, 0.15) is 10.4 Å². The number of rotatable bonds is 7. The number of carbonyl (C=O) groups excluding carboxylic acids is 1. The van der Waals surface area contributed by atoms with Crippen molar-refractivity contribution >= 4 is 27.5 Å². The van der Waals surface area contributed by atoms with E-state index in [9.17, 15) is 4.79 Å². The summed E-state index contributed by atoms with van der Waals surface area (Å²) >= 11 is 1.41. The smallest absolute Gasteiger partial charge is 0.279 e. The summed E-state index contributed by atoms with van der Waals surface area (Å²) in [5, 5.41) is 3.42. The number of hydrogen-bond acceptors (Lipinski definition) is 5. The first-order valence-electron chi connectivity index (χ1n) is 8.87. The molecule has 0 bridgehead atoms. The first kappa shape index (κ1) is 18.0. The lowest BCUT2D eigenvalue weighted by atomic mass is 10.2. The van der Waals surface area contributed by atoms with Gasteiger partial charge in [0.25, 0.3) is 11.1 Å². The van der Waals surface area contributed by atoms with E-state index in [-0.39, 0.29) is 5.91 Å². The number of benzene rings is 3. The highest BCUT2D eigenvalue weighted by Crippen LogP contribution is 2.31. The van der Waals surface area contributed by atoms with Gasteiger partial charge in [0.1, 0.15) is 18.1 Å². The fraction of sp³-hybridized carbons (Fsp3) is 0.0909. The number of hydrogen-bond donors (Lipinski definition) is 1. The van der Waals surface area contributed by atoms with Gasteiger partial charge in [0.15, 0.2) is 0 Å². The van der Waals surface area contributed by atoms with Gasteiger partial charge >= 0.3 is 0 Å². The largest absolute Gasteiger partial charge is 0.492 e. The number of fused-ring (bicyclic) bond motifs is 1. The summed E-state index contributed by atoms with van der Waals surface area (Å²) in [6.07, 6.45) is 0. The maximum Gasteiger partial charge on any atom is 0.279 e. The third-order valence-corrected chi connectivity index (χ3v) is 4.88. The molecule has 0 saturated carbocycles. The van der Waals surface area contributed by atoms with Gasteiger partial charge in [-0.25, -0.2) is 4.98 Å². The van der Waals surface area contributed by atoms with Crippen LogP contribution in [0.4, 0.5) is 0 Å². The molecule has 0 fully saturated rings. The lowest BCUT2D eigenvalue weighted by Gasteiger charge is -2.07. The Morgan fingerprint density at radius 2 is 1.64 bits per heavy atom. The number of thiazole rings is 1. The van der Waals surface area contributed by atoms with Gasteiger partial charge in [0.2, 0.25) is 0 Å². The van der Waals surface area contributed by atoms with Crippen molar-refractivity contribution in [3.05, 3.63) is 84.4 Å². The van der Waals surface area contributed by atoms with Crippen molar-refractivity contribution in [2.45, 2.75) is 0 Å². The molecule has 0 saturated heterocycles. The normalized spacial score (nSPS) is 10.6. The Morgan fingerprint density at radius 3 is 2.39 bits per heavy atom. The second kappa shape index (κ2) is 8.54. The topological polar surface area (TPSA) is 60.5 Å². The summed E-state index contributed by atoms with van der Waals surface area (Å²) in [5.74, 6) is 1.38. The summed E-state index contributed by atoms with van der Waals surface area (Å²) in [7, 11) is 0. The van der Waals surface area contributed by atoms with Crippen molar-refractivity contribution in [1.29, 1.82) is 0 Å². The predicted molar refractivity (Wildman–Crippen MR) is 110 cm³/mol. The molecule has 1 heterocycles. The van der Waals surface area contributed by atoms with Crippen molar-refractivity contribution in [2.75, 3.05) is 13.2 Å². The summed E-state index contributed by atoms with van der Waals surface area (Å²) in [5.41, 5.74) is 1.39.